The van der Waals surface area contributed by atoms with Crippen molar-refractivity contribution >= 4 is 29.2 Å². The fraction of sp³-hybridized carbons (Fsp3) is 0.100. The molecule has 0 aliphatic carbocycles. The lowest BCUT2D eigenvalue weighted by molar-refractivity contribution is 0.788. The Morgan fingerprint density at radius 2 is 2.29 bits per heavy atom. The van der Waals surface area contributed by atoms with E-state index in [1.54, 1.807) is 23.0 Å². The van der Waals surface area contributed by atoms with Gasteiger partial charge in [-0.1, -0.05) is 11.6 Å². The van der Waals surface area contributed by atoms with Crippen molar-refractivity contribution in [3.63, 3.8) is 0 Å². The van der Waals surface area contributed by atoms with E-state index in [0.717, 1.165) is 10.1 Å². The van der Waals surface area contributed by atoms with Gasteiger partial charge in [-0.3, -0.25) is 5.41 Å². The van der Waals surface area contributed by atoms with Crippen LogP contribution in [0.2, 0.25) is 5.02 Å². The molecule has 0 saturated carbocycles. The molecule has 88 valence electrons. The van der Waals surface area contributed by atoms with Gasteiger partial charge in [0.25, 0.3) is 0 Å². The second-order valence-electron chi connectivity index (χ2n) is 3.38. The van der Waals surface area contributed by atoms with E-state index in [9.17, 15) is 0 Å². The molecule has 0 bridgehead atoms. The molecule has 2 aromatic rings. The molecule has 2 rings (SSSR count). The number of aryl methyl sites for hydroxylation is 1. The zero-order valence-corrected chi connectivity index (χ0v) is 10.6. The number of rotatable bonds is 3. The summed E-state index contributed by atoms with van der Waals surface area (Å²) >= 11 is 7.27. The zero-order valence-electron chi connectivity index (χ0n) is 9.01. The Morgan fingerprint density at radius 3 is 2.88 bits per heavy atom. The Balaban J connectivity index is 2.39. The minimum atomic E-state index is -0.0165. The van der Waals surface area contributed by atoms with Gasteiger partial charge in [0.15, 0.2) is 5.16 Å². The Labute approximate surface area is 107 Å². The van der Waals surface area contributed by atoms with Crippen LogP contribution in [0.25, 0.3) is 0 Å². The fourth-order valence-corrected chi connectivity index (χ4v) is 2.33. The highest BCUT2D eigenvalue weighted by molar-refractivity contribution is 7.99. The van der Waals surface area contributed by atoms with Crippen molar-refractivity contribution in [2.75, 3.05) is 0 Å². The second-order valence-corrected chi connectivity index (χ2v) is 4.83. The van der Waals surface area contributed by atoms with Crippen LogP contribution >= 0.6 is 23.4 Å². The first-order valence-corrected chi connectivity index (χ1v) is 5.93. The van der Waals surface area contributed by atoms with Crippen LogP contribution in [-0.4, -0.2) is 20.6 Å². The number of benzene rings is 1. The van der Waals surface area contributed by atoms with Crippen LogP contribution in [0.5, 0.6) is 0 Å². The summed E-state index contributed by atoms with van der Waals surface area (Å²) in [5.74, 6) is -0.0165. The molecule has 0 saturated heterocycles. The van der Waals surface area contributed by atoms with Crippen LogP contribution in [0.15, 0.2) is 34.6 Å². The van der Waals surface area contributed by atoms with Gasteiger partial charge in [-0.2, -0.15) is 0 Å². The third kappa shape index (κ3) is 2.59. The maximum Gasteiger partial charge on any atom is 0.195 e. The molecule has 17 heavy (non-hydrogen) atoms. The van der Waals surface area contributed by atoms with E-state index >= 15 is 0 Å². The molecule has 1 aromatic heterocycles. The quantitative estimate of drug-likeness (QED) is 0.657. The van der Waals surface area contributed by atoms with Crippen LogP contribution < -0.4 is 5.73 Å². The van der Waals surface area contributed by atoms with Crippen LogP contribution in [0.3, 0.4) is 0 Å². The van der Waals surface area contributed by atoms with E-state index in [4.69, 9.17) is 22.7 Å². The van der Waals surface area contributed by atoms with Crippen LogP contribution in [0.1, 0.15) is 5.56 Å². The molecule has 0 aliphatic rings. The highest BCUT2D eigenvalue weighted by atomic mass is 35.5. The Bertz CT molecular complexity index is 566. The standard InChI is InChI=1S/C10H10ClN5S/c1-16-5-14-15-10(16)17-8-3-2-6(11)4-7(8)9(12)13/h2-5H,1H3,(H3,12,13). The molecule has 0 amide bonds. The first-order valence-electron chi connectivity index (χ1n) is 4.73. The highest BCUT2D eigenvalue weighted by Gasteiger charge is 2.10. The van der Waals surface area contributed by atoms with E-state index in [0.29, 0.717) is 10.6 Å². The largest absolute Gasteiger partial charge is 0.384 e. The fourth-order valence-electron chi connectivity index (χ4n) is 1.27. The lowest BCUT2D eigenvalue weighted by Crippen LogP contribution is -2.12. The number of hydrogen-bond donors (Lipinski definition) is 2. The smallest absolute Gasteiger partial charge is 0.195 e. The number of amidine groups is 1. The molecule has 0 aliphatic heterocycles. The number of nitrogen functional groups attached to an aromatic ring is 1. The number of nitrogens with two attached hydrogens (primary N) is 1. The number of nitrogens with zero attached hydrogens (tertiary/aromatic N) is 3. The average molecular weight is 268 g/mol. The van der Waals surface area contributed by atoms with Gasteiger partial charge in [-0.25, -0.2) is 0 Å². The summed E-state index contributed by atoms with van der Waals surface area (Å²) in [7, 11) is 1.85. The van der Waals surface area contributed by atoms with E-state index < -0.39 is 0 Å². The molecule has 3 N–H and O–H groups in total. The number of halogens is 1. The van der Waals surface area contributed by atoms with Gasteiger partial charge in [-0.05, 0) is 30.0 Å². The summed E-state index contributed by atoms with van der Waals surface area (Å²) in [6.45, 7) is 0. The Hall–Kier alpha value is -1.53. The van der Waals surface area contributed by atoms with Crippen molar-refractivity contribution in [3.05, 3.63) is 35.1 Å². The summed E-state index contributed by atoms with van der Waals surface area (Å²) < 4.78 is 1.79. The minimum Gasteiger partial charge on any atom is -0.384 e. The van der Waals surface area contributed by atoms with Gasteiger partial charge in [0, 0.05) is 22.5 Å². The maximum atomic E-state index is 7.52. The molecule has 1 aromatic carbocycles. The van der Waals surface area contributed by atoms with Crippen molar-refractivity contribution < 1.29 is 0 Å². The van der Waals surface area contributed by atoms with Crippen LogP contribution in [0.4, 0.5) is 0 Å². The number of aromatic nitrogens is 3. The van der Waals surface area contributed by atoms with Gasteiger partial charge in [0.05, 0.1) is 0 Å². The van der Waals surface area contributed by atoms with E-state index in [-0.39, 0.29) is 5.84 Å². The predicted molar refractivity (Wildman–Crippen MR) is 67.6 cm³/mol. The van der Waals surface area contributed by atoms with Crippen molar-refractivity contribution in [2.24, 2.45) is 12.8 Å². The Kier molecular flexibility index (Phi) is 3.35. The number of nitrogens with one attached hydrogen (secondary N) is 1. The minimum absolute atomic E-state index is 0.0165. The number of hydrogen-bond acceptors (Lipinski definition) is 4. The van der Waals surface area contributed by atoms with Crippen LogP contribution in [-0.2, 0) is 7.05 Å². The normalized spacial score (nSPS) is 10.5. The SMILES string of the molecule is Cn1cnnc1Sc1ccc(Cl)cc1C(=N)N. The summed E-state index contributed by atoms with van der Waals surface area (Å²) in [6, 6.07) is 5.24. The van der Waals surface area contributed by atoms with Crippen molar-refractivity contribution in [1.29, 1.82) is 5.41 Å². The third-order valence-corrected chi connectivity index (χ3v) is 3.47. The molecule has 0 radical (unpaired) electrons. The van der Waals surface area contributed by atoms with E-state index in [2.05, 4.69) is 10.2 Å². The summed E-state index contributed by atoms with van der Waals surface area (Å²) in [6.07, 6.45) is 1.62. The van der Waals surface area contributed by atoms with Crippen molar-refractivity contribution in [1.82, 2.24) is 14.8 Å². The molecule has 0 unspecified atom stereocenters. The lowest BCUT2D eigenvalue weighted by atomic mass is 10.2. The summed E-state index contributed by atoms with van der Waals surface area (Å²) in [4.78, 5) is 0.831. The predicted octanol–water partition coefficient (Wildman–Crippen LogP) is 1.90. The third-order valence-electron chi connectivity index (χ3n) is 2.10. The molecule has 1 heterocycles. The molecule has 0 atom stereocenters. The molecular formula is C10H10ClN5S. The highest BCUT2D eigenvalue weighted by Crippen LogP contribution is 2.30. The zero-order chi connectivity index (χ0) is 12.4. The molecular weight excluding hydrogens is 258 g/mol. The molecule has 0 fully saturated rings. The Morgan fingerprint density at radius 1 is 1.53 bits per heavy atom. The average Bonchev–Trinajstić information content (AvgIpc) is 2.67. The van der Waals surface area contributed by atoms with Gasteiger partial charge < -0.3 is 10.3 Å². The van der Waals surface area contributed by atoms with Gasteiger partial charge in [0.2, 0.25) is 0 Å². The monoisotopic (exact) mass is 267 g/mol. The first-order chi connectivity index (χ1) is 8.08. The van der Waals surface area contributed by atoms with E-state index in [1.165, 1.54) is 11.8 Å². The molecule has 7 heteroatoms. The van der Waals surface area contributed by atoms with Crippen LogP contribution in [0, 0.1) is 5.41 Å². The first kappa shape index (κ1) is 11.9. The summed E-state index contributed by atoms with van der Waals surface area (Å²) in [5, 5.41) is 16.6. The second kappa shape index (κ2) is 4.77. The van der Waals surface area contributed by atoms with Gasteiger partial charge >= 0.3 is 0 Å². The topological polar surface area (TPSA) is 80.6 Å². The maximum absolute atomic E-state index is 7.52. The van der Waals surface area contributed by atoms with E-state index in [1.807, 2.05) is 13.1 Å². The lowest BCUT2D eigenvalue weighted by Gasteiger charge is -2.07. The van der Waals surface area contributed by atoms with Gasteiger partial charge in [0.1, 0.15) is 12.2 Å². The summed E-state index contributed by atoms with van der Waals surface area (Å²) in [5.41, 5.74) is 6.12. The van der Waals surface area contributed by atoms with Crippen molar-refractivity contribution in [2.45, 2.75) is 10.1 Å². The molecule has 0 spiro atoms. The van der Waals surface area contributed by atoms with Gasteiger partial charge in [-0.15, -0.1) is 10.2 Å². The van der Waals surface area contributed by atoms with Crippen molar-refractivity contribution in [3.8, 4) is 0 Å². The molecule has 5 nitrogen and oxygen atoms in total.